The lowest BCUT2D eigenvalue weighted by atomic mass is 9.78. The van der Waals surface area contributed by atoms with Crippen molar-refractivity contribution in [3.8, 4) is 0 Å². The predicted octanol–water partition coefficient (Wildman–Crippen LogP) is 3.25. The van der Waals surface area contributed by atoms with Gasteiger partial charge in [-0.3, -0.25) is 24.2 Å². The number of nitrogens with two attached hydrogens (primary N) is 1. The molecule has 0 radical (unpaired) electrons. The average molecular weight is 625 g/mol. The smallest absolute Gasteiger partial charge is 0.315 e. The van der Waals surface area contributed by atoms with Crippen LogP contribution in [0.2, 0.25) is 0 Å². The lowest BCUT2D eigenvalue weighted by molar-refractivity contribution is -0.144. The van der Waals surface area contributed by atoms with Gasteiger partial charge in [0, 0.05) is 30.4 Å². The highest BCUT2D eigenvalue weighted by molar-refractivity contribution is 6.37. The number of hydrogen-bond donors (Lipinski definition) is 4. The number of primary amides is 1. The number of rotatable bonds is 12. The first kappa shape index (κ1) is 34.4. The first-order valence-electron chi connectivity index (χ1n) is 16.6. The molecule has 248 valence electrons. The monoisotopic (exact) mass is 624 g/mol. The van der Waals surface area contributed by atoms with Crippen molar-refractivity contribution in [2.75, 3.05) is 6.54 Å². The molecule has 0 spiro atoms. The number of carbonyl (C=O) groups is 5. The molecule has 1 aliphatic heterocycles. The van der Waals surface area contributed by atoms with Gasteiger partial charge in [0.2, 0.25) is 17.6 Å². The normalized spacial score (nSPS) is 22.8. The maximum atomic E-state index is 14.3. The third-order valence-electron chi connectivity index (χ3n) is 9.82. The third-order valence-corrected chi connectivity index (χ3v) is 9.82. The summed E-state index contributed by atoms with van der Waals surface area (Å²) in [5.74, 6) is -2.52. The molecule has 1 saturated heterocycles. The van der Waals surface area contributed by atoms with Crippen molar-refractivity contribution in [3.05, 3.63) is 30.1 Å². The van der Waals surface area contributed by atoms with Gasteiger partial charge in [-0.05, 0) is 61.0 Å². The Morgan fingerprint density at radius 3 is 2.27 bits per heavy atom. The summed E-state index contributed by atoms with van der Waals surface area (Å²) in [6.07, 6.45) is 9.93. The van der Waals surface area contributed by atoms with Crippen molar-refractivity contribution < 1.29 is 24.0 Å². The number of carbonyl (C=O) groups excluding carboxylic acids is 5. The highest BCUT2D eigenvalue weighted by Crippen LogP contribution is 2.36. The fourth-order valence-electron chi connectivity index (χ4n) is 7.09. The molecule has 11 heteroatoms. The Morgan fingerprint density at radius 1 is 1.02 bits per heavy atom. The zero-order chi connectivity index (χ0) is 32.9. The molecule has 5 N–H and O–H groups in total. The number of ketones is 1. The molecule has 11 nitrogen and oxygen atoms in total. The van der Waals surface area contributed by atoms with E-state index in [2.05, 4.69) is 20.9 Å². The molecule has 0 bridgehead atoms. The summed E-state index contributed by atoms with van der Waals surface area (Å²) in [4.78, 5) is 72.4. The predicted molar refractivity (Wildman–Crippen MR) is 171 cm³/mol. The van der Waals surface area contributed by atoms with E-state index in [4.69, 9.17) is 5.73 Å². The van der Waals surface area contributed by atoms with Gasteiger partial charge in [-0.15, -0.1) is 0 Å². The van der Waals surface area contributed by atoms with E-state index in [9.17, 15) is 24.0 Å². The molecule has 45 heavy (non-hydrogen) atoms. The molecule has 2 aliphatic carbocycles. The van der Waals surface area contributed by atoms with Gasteiger partial charge >= 0.3 is 6.03 Å². The largest absolute Gasteiger partial charge is 0.363 e. The summed E-state index contributed by atoms with van der Waals surface area (Å²) >= 11 is 0. The van der Waals surface area contributed by atoms with Crippen LogP contribution >= 0.6 is 0 Å². The Morgan fingerprint density at radius 2 is 1.71 bits per heavy atom. The molecular weight excluding hydrogens is 572 g/mol. The van der Waals surface area contributed by atoms with E-state index in [1.807, 2.05) is 52.8 Å². The maximum Gasteiger partial charge on any atom is 0.315 e. The number of urea groups is 1. The molecule has 3 aliphatic rings. The van der Waals surface area contributed by atoms with Gasteiger partial charge in [-0.1, -0.05) is 72.8 Å². The number of nitrogens with zero attached hydrogens (tertiary/aromatic N) is 2. The highest BCUT2D eigenvalue weighted by atomic mass is 16.2. The molecule has 1 aromatic rings. The minimum absolute atomic E-state index is 0.0781. The Kier molecular flexibility index (Phi) is 10.9. The number of likely N-dealkylation sites (tertiary alicyclic amines) is 1. The van der Waals surface area contributed by atoms with Crippen LogP contribution in [0, 0.1) is 23.2 Å². The average Bonchev–Trinajstić information content (AvgIpc) is 3.68. The Hall–Kier alpha value is -3.50. The quantitative estimate of drug-likeness (QED) is 0.261. The second-order valence-corrected chi connectivity index (χ2v) is 14.9. The Labute approximate surface area is 267 Å². The molecule has 3 fully saturated rings. The molecular formula is C34H52N6O5. The van der Waals surface area contributed by atoms with Crippen LogP contribution in [0.25, 0.3) is 0 Å². The van der Waals surface area contributed by atoms with Crippen molar-refractivity contribution in [1.29, 1.82) is 0 Å². The van der Waals surface area contributed by atoms with Crippen molar-refractivity contribution in [1.82, 2.24) is 25.8 Å². The maximum absolute atomic E-state index is 14.3. The number of Topliss-reactive ketones (excluding diaryl/α,β-unsaturated/α-hetero) is 1. The minimum atomic E-state index is -1.08. The summed E-state index contributed by atoms with van der Waals surface area (Å²) in [6.45, 7) is 10.0. The van der Waals surface area contributed by atoms with E-state index in [1.54, 1.807) is 11.1 Å². The fourth-order valence-corrected chi connectivity index (χ4v) is 7.09. The zero-order valence-electron chi connectivity index (χ0n) is 27.6. The Bertz CT molecular complexity index is 1240. The van der Waals surface area contributed by atoms with Crippen LogP contribution < -0.4 is 21.7 Å². The van der Waals surface area contributed by atoms with Crippen LogP contribution in [-0.4, -0.2) is 69.6 Å². The summed E-state index contributed by atoms with van der Waals surface area (Å²) in [7, 11) is 0. The van der Waals surface area contributed by atoms with Crippen molar-refractivity contribution >= 4 is 29.5 Å². The van der Waals surface area contributed by atoms with E-state index in [0.717, 1.165) is 50.6 Å². The molecule has 2 saturated carbocycles. The minimum Gasteiger partial charge on any atom is -0.363 e. The van der Waals surface area contributed by atoms with Crippen LogP contribution in [0.3, 0.4) is 0 Å². The molecule has 5 amide bonds. The van der Waals surface area contributed by atoms with E-state index in [0.29, 0.717) is 25.8 Å². The van der Waals surface area contributed by atoms with Crippen LogP contribution in [0.15, 0.2) is 24.4 Å². The van der Waals surface area contributed by atoms with Gasteiger partial charge < -0.3 is 26.6 Å². The van der Waals surface area contributed by atoms with E-state index in [1.165, 1.54) is 0 Å². The molecule has 4 rings (SSSR count). The van der Waals surface area contributed by atoms with Gasteiger partial charge in [0.1, 0.15) is 12.1 Å². The van der Waals surface area contributed by atoms with E-state index >= 15 is 0 Å². The molecule has 2 unspecified atom stereocenters. The fraction of sp³-hybridized carbons (Fsp3) is 0.706. The summed E-state index contributed by atoms with van der Waals surface area (Å²) in [5, 5.41) is 9.03. The number of pyridine rings is 1. The number of amides is 5. The van der Waals surface area contributed by atoms with Gasteiger partial charge in [-0.25, -0.2) is 4.79 Å². The molecule has 0 aromatic carbocycles. The molecule has 1 aromatic heterocycles. The van der Waals surface area contributed by atoms with Crippen molar-refractivity contribution in [2.45, 2.75) is 122 Å². The standard InChI is InChI=1S/C34H52N6O5/c1-21(2)24-14-18-40(26(24)30(43)37-25(19-22-12-13-22)27(41)29(35)42)31(44)28(33(3,4)5)38-32(45)39-34(15-8-6-9-16-34)20-23-11-7-10-17-36-23/h7,10-11,17,21-22,24-26,28H,6,8-9,12-16,18-20H2,1-5H3,(H2,35,42)(H,37,43)(H2,38,39,45)/t24?,25?,26-,28+/m0/s1. The second-order valence-electron chi connectivity index (χ2n) is 14.9. The zero-order valence-corrected chi connectivity index (χ0v) is 27.6. The van der Waals surface area contributed by atoms with Crippen molar-refractivity contribution in [2.24, 2.45) is 28.9 Å². The topological polar surface area (TPSA) is 164 Å². The SMILES string of the molecule is CC(C)C1CCN(C(=O)[C@@H](NC(=O)NC2(Cc3ccccn3)CCCCC2)C(C)(C)C)[C@@H]1C(=O)NC(CC1CC1)C(=O)C(N)=O. The Balaban J connectivity index is 1.53. The first-order chi connectivity index (χ1) is 21.2. The third kappa shape index (κ3) is 8.82. The lowest BCUT2D eigenvalue weighted by Gasteiger charge is -2.40. The lowest BCUT2D eigenvalue weighted by Crippen LogP contribution is -2.63. The first-order valence-corrected chi connectivity index (χ1v) is 16.6. The van der Waals surface area contributed by atoms with Gasteiger partial charge in [0.25, 0.3) is 5.91 Å². The van der Waals surface area contributed by atoms with Crippen LogP contribution in [0.4, 0.5) is 4.79 Å². The van der Waals surface area contributed by atoms with Gasteiger partial charge in [-0.2, -0.15) is 0 Å². The number of aromatic nitrogens is 1. The molecule has 2 heterocycles. The van der Waals surface area contributed by atoms with Gasteiger partial charge in [0.05, 0.1) is 6.04 Å². The van der Waals surface area contributed by atoms with Crippen molar-refractivity contribution in [3.63, 3.8) is 0 Å². The second kappa shape index (κ2) is 14.3. The van der Waals surface area contributed by atoms with Gasteiger partial charge in [0.15, 0.2) is 0 Å². The highest BCUT2D eigenvalue weighted by Gasteiger charge is 2.48. The van der Waals surface area contributed by atoms with Crippen LogP contribution in [0.1, 0.15) is 98.1 Å². The van der Waals surface area contributed by atoms with Crippen LogP contribution in [0.5, 0.6) is 0 Å². The number of hydrogen-bond acceptors (Lipinski definition) is 6. The summed E-state index contributed by atoms with van der Waals surface area (Å²) in [5.41, 5.74) is 5.09. The van der Waals surface area contributed by atoms with Crippen LogP contribution in [-0.2, 0) is 25.6 Å². The van der Waals surface area contributed by atoms with E-state index in [-0.39, 0.29) is 23.7 Å². The molecule has 4 atom stereocenters. The number of nitrogens with one attached hydrogen (secondary N) is 3. The van der Waals surface area contributed by atoms with E-state index < -0.39 is 52.7 Å². The summed E-state index contributed by atoms with van der Waals surface area (Å²) in [6, 6.07) is 2.59. The summed E-state index contributed by atoms with van der Waals surface area (Å²) < 4.78 is 0.